The van der Waals surface area contributed by atoms with Gasteiger partial charge in [0.25, 0.3) is 0 Å². The summed E-state index contributed by atoms with van der Waals surface area (Å²) in [6, 6.07) is -5.23. The summed E-state index contributed by atoms with van der Waals surface area (Å²) in [4.78, 5) is 70.7. The molecule has 0 fully saturated rings. The van der Waals surface area contributed by atoms with E-state index in [4.69, 9.17) is 21.7 Å². The first-order chi connectivity index (χ1) is 14.8. The van der Waals surface area contributed by atoms with Gasteiger partial charge in [-0.05, 0) is 12.3 Å². The first-order valence-corrected chi connectivity index (χ1v) is 10.5. The highest BCUT2D eigenvalue weighted by Crippen LogP contribution is 2.10. The van der Waals surface area contributed by atoms with Crippen molar-refractivity contribution in [1.29, 1.82) is 0 Å². The molecule has 0 aliphatic rings. The molecule has 0 heterocycles. The van der Waals surface area contributed by atoms with Crippen LogP contribution in [0.15, 0.2) is 0 Å². The summed E-state index contributed by atoms with van der Waals surface area (Å²) in [5.41, 5.74) is 10.6. The Bertz CT molecular complexity index is 719. The molecule has 0 aromatic rings. The highest BCUT2D eigenvalue weighted by atomic mass is 32.1. The monoisotopic (exact) mass is 477 g/mol. The fourth-order valence-electron chi connectivity index (χ4n) is 2.52. The lowest BCUT2D eigenvalue weighted by Gasteiger charge is -2.27. The van der Waals surface area contributed by atoms with E-state index in [-0.39, 0.29) is 18.6 Å². The van der Waals surface area contributed by atoms with Gasteiger partial charge in [-0.2, -0.15) is 12.6 Å². The number of carboxylic acids is 2. The highest BCUT2D eigenvalue weighted by Gasteiger charge is 2.32. The highest BCUT2D eigenvalue weighted by molar-refractivity contribution is 7.80. The number of hydrogen-bond donors (Lipinski definition) is 8. The Kier molecular flexibility index (Phi) is 13.0. The lowest BCUT2D eigenvalue weighted by atomic mass is 9.97. The maximum Gasteiger partial charge on any atom is 0.327 e. The molecule has 0 aliphatic carbocycles. The Balaban J connectivity index is 5.55. The zero-order valence-corrected chi connectivity index (χ0v) is 18.8. The molecule has 182 valence electrons. The molecule has 0 aliphatic heterocycles. The number of thiol groups is 1. The average molecular weight is 478 g/mol. The molecule has 0 spiro atoms. The van der Waals surface area contributed by atoms with Crippen molar-refractivity contribution in [2.75, 3.05) is 5.75 Å². The third-order valence-electron chi connectivity index (χ3n) is 4.63. The Morgan fingerprint density at radius 3 is 1.94 bits per heavy atom. The SMILES string of the molecule is CCC(C)C(NC(=O)C(CCC(N)=O)NC(=O)C(N)CC(=O)O)C(=O)NC(CS)C(=O)O. The number of nitrogens with one attached hydrogen (secondary N) is 3. The van der Waals surface area contributed by atoms with E-state index < -0.39 is 72.1 Å². The van der Waals surface area contributed by atoms with E-state index in [0.29, 0.717) is 6.42 Å². The molecule has 0 aromatic heterocycles. The summed E-state index contributed by atoms with van der Waals surface area (Å²) in [5, 5.41) is 24.9. The van der Waals surface area contributed by atoms with Crippen LogP contribution in [-0.4, -0.2) is 75.7 Å². The van der Waals surface area contributed by atoms with Crippen LogP contribution >= 0.6 is 12.6 Å². The molecule has 9 N–H and O–H groups in total. The van der Waals surface area contributed by atoms with Crippen molar-refractivity contribution < 1.29 is 39.0 Å². The van der Waals surface area contributed by atoms with Crippen LogP contribution in [0.5, 0.6) is 0 Å². The Morgan fingerprint density at radius 2 is 1.50 bits per heavy atom. The third kappa shape index (κ3) is 10.4. The van der Waals surface area contributed by atoms with Gasteiger partial charge in [-0.25, -0.2) is 4.79 Å². The van der Waals surface area contributed by atoms with Crippen molar-refractivity contribution >= 4 is 48.2 Å². The zero-order valence-electron chi connectivity index (χ0n) is 17.9. The molecule has 14 heteroatoms. The molecule has 13 nitrogen and oxygen atoms in total. The Morgan fingerprint density at radius 1 is 0.938 bits per heavy atom. The largest absolute Gasteiger partial charge is 0.481 e. The van der Waals surface area contributed by atoms with Crippen LogP contribution < -0.4 is 27.4 Å². The number of amides is 4. The topological polar surface area (TPSA) is 231 Å². The first-order valence-electron chi connectivity index (χ1n) is 9.84. The van der Waals surface area contributed by atoms with Crippen molar-refractivity contribution in [3.8, 4) is 0 Å². The van der Waals surface area contributed by atoms with Gasteiger partial charge in [0.05, 0.1) is 12.5 Å². The van der Waals surface area contributed by atoms with Crippen molar-refractivity contribution in [1.82, 2.24) is 16.0 Å². The molecule has 5 atom stereocenters. The van der Waals surface area contributed by atoms with Crippen molar-refractivity contribution in [3.05, 3.63) is 0 Å². The van der Waals surface area contributed by atoms with E-state index in [1.54, 1.807) is 13.8 Å². The molecule has 0 aromatic carbocycles. The second-order valence-electron chi connectivity index (χ2n) is 7.22. The molecule has 0 rings (SSSR count). The number of carbonyl (C=O) groups is 6. The number of carboxylic acid groups (broad SMARTS) is 2. The van der Waals surface area contributed by atoms with Crippen LogP contribution in [0.25, 0.3) is 0 Å². The smallest absolute Gasteiger partial charge is 0.327 e. The lowest BCUT2D eigenvalue weighted by Crippen LogP contribution is -2.59. The molecule has 32 heavy (non-hydrogen) atoms. The minimum Gasteiger partial charge on any atom is -0.481 e. The standard InChI is InChI=1S/C18H31N5O8S/c1-3-8(2)14(17(29)22-11(7-32)18(30)31)23-16(28)10(4-5-12(20)24)21-15(27)9(19)6-13(25)26/h8-11,14,32H,3-7,19H2,1-2H3,(H2,20,24)(H,21,27)(H,22,29)(H,23,28)(H,25,26)(H,30,31). The van der Waals surface area contributed by atoms with Crippen molar-refractivity contribution in [2.45, 2.75) is 63.7 Å². The zero-order chi connectivity index (χ0) is 25.0. The van der Waals surface area contributed by atoms with E-state index in [0.717, 1.165) is 0 Å². The lowest BCUT2D eigenvalue weighted by molar-refractivity contribution is -0.142. The number of rotatable bonds is 15. The quantitative estimate of drug-likeness (QED) is 0.117. The van der Waals surface area contributed by atoms with Gasteiger partial charge in [0.2, 0.25) is 23.6 Å². The van der Waals surface area contributed by atoms with Crippen LogP contribution in [0.1, 0.15) is 39.5 Å². The summed E-state index contributed by atoms with van der Waals surface area (Å²) < 4.78 is 0. The van der Waals surface area contributed by atoms with E-state index in [9.17, 15) is 28.8 Å². The van der Waals surface area contributed by atoms with E-state index in [1.807, 2.05) is 0 Å². The number of hydrogen-bond acceptors (Lipinski definition) is 8. The van der Waals surface area contributed by atoms with Crippen LogP contribution in [0.3, 0.4) is 0 Å². The molecular weight excluding hydrogens is 446 g/mol. The summed E-state index contributed by atoms with van der Waals surface area (Å²) in [6.07, 6.45) is -0.754. The van der Waals surface area contributed by atoms with Gasteiger partial charge in [0, 0.05) is 12.2 Å². The molecular formula is C18H31N5O8S. The molecule has 0 radical (unpaired) electrons. The Labute approximate surface area is 190 Å². The molecule has 0 saturated heterocycles. The summed E-state index contributed by atoms with van der Waals surface area (Å²) in [7, 11) is 0. The van der Waals surface area contributed by atoms with Gasteiger partial charge in [0.1, 0.15) is 18.1 Å². The second-order valence-corrected chi connectivity index (χ2v) is 7.59. The fourth-order valence-corrected chi connectivity index (χ4v) is 2.77. The number of primary amides is 1. The van der Waals surface area contributed by atoms with Crippen LogP contribution in [0.2, 0.25) is 0 Å². The molecule has 4 amide bonds. The molecule has 0 bridgehead atoms. The minimum atomic E-state index is -1.45. The van der Waals surface area contributed by atoms with Crippen LogP contribution in [0, 0.1) is 5.92 Å². The predicted octanol–water partition coefficient (Wildman–Crippen LogP) is -2.43. The predicted molar refractivity (Wildman–Crippen MR) is 115 cm³/mol. The first kappa shape index (κ1) is 29.1. The van der Waals surface area contributed by atoms with Crippen molar-refractivity contribution in [3.63, 3.8) is 0 Å². The molecule has 5 unspecified atom stereocenters. The number of nitrogens with two attached hydrogens (primary N) is 2. The van der Waals surface area contributed by atoms with Gasteiger partial charge in [-0.15, -0.1) is 0 Å². The number of carbonyl (C=O) groups excluding carboxylic acids is 4. The summed E-state index contributed by atoms with van der Waals surface area (Å²) in [6.45, 7) is 3.41. The van der Waals surface area contributed by atoms with Crippen molar-refractivity contribution in [2.24, 2.45) is 17.4 Å². The maximum atomic E-state index is 12.8. The molecule has 0 saturated carbocycles. The van der Waals surface area contributed by atoms with Gasteiger partial charge >= 0.3 is 11.9 Å². The minimum absolute atomic E-state index is 0.180. The normalized spacial score (nSPS) is 15.4. The summed E-state index contributed by atoms with van der Waals surface area (Å²) in [5.74, 6) is -6.53. The van der Waals surface area contributed by atoms with E-state index in [1.165, 1.54) is 0 Å². The second kappa shape index (κ2) is 14.2. The van der Waals surface area contributed by atoms with Crippen LogP contribution in [0.4, 0.5) is 0 Å². The number of aliphatic carboxylic acids is 2. The van der Waals surface area contributed by atoms with E-state index >= 15 is 0 Å². The average Bonchev–Trinajstić information content (AvgIpc) is 2.70. The van der Waals surface area contributed by atoms with Gasteiger partial charge in [-0.3, -0.25) is 24.0 Å². The van der Waals surface area contributed by atoms with Gasteiger partial charge in [0.15, 0.2) is 0 Å². The van der Waals surface area contributed by atoms with Gasteiger partial charge in [-0.1, -0.05) is 20.3 Å². The Hall–Kier alpha value is -2.87. The maximum absolute atomic E-state index is 12.8. The van der Waals surface area contributed by atoms with E-state index in [2.05, 4.69) is 28.6 Å². The third-order valence-corrected chi connectivity index (χ3v) is 5.00. The fraction of sp³-hybridized carbons (Fsp3) is 0.667. The van der Waals surface area contributed by atoms with Gasteiger partial charge < -0.3 is 37.6 Å². The van der Waals surface area contributed by atoms with Crippen LogP contribution in [-0.2, 0) is 28.8 Å². The summed E-state index contributed by atoms with van der Waals surface area (Å²) >= 11 is 3.87.